The van der Waals surface area contributed by atoms with E-state index in [1.165, 1.54) is 0 Å². The molecule has 0 unspecified atom stereocenters. The number of amides is 2. The third kappa shape index (κ3) is 4.57. The lowest BCUT2D eigenvalue weighted by atomic mass is 9.90. The summed E-state index contributed by atoms with van der Waals surface area (Å²) in [5, 5.41) is 1.99. The van der Waals surface area contributed by atoms with Crippen LogP contribution in [0.3, 0.4) is 0 Å². The summed E-state index contributed by atoms with van der Waals surface area (Å²) in [6, 6.07) is 23.8. The Kier molecular flexibility index (Phi) is 6.06. The fourth-order valence-corrected chi connectivity index (χ4v) is 4.50. The van der Waals surface area contributed by atoms with E-state index in [2.05, 4.69) is 0 Å². The number of benzene rings is 2. The molecule has 5 heteroatoms. The lowest BCUT2D eigenvalue weighted by Gasteiger charge is -2.36. The maximum atomic E-state index is 13.5. The van der Waals surface area contributed by atoms with Gasteiger partial charge in [-0.25, -0.2) is 0 Å². The lowest BCUT2D eigenvalue weighted by Crippen LogP contribution is -2.52. The average molecular weight is 405 g/mol. The van der Waals surface area contributed by atoms with Gasteiger partial charge in [0.25, 0.3) is 0 Å². The fourth-order valence-electron chi connectivity index (χ4n) is 3.80. The Balaban J connectivity index is 1.45. The van der Waals surface area contributed by atoms with E-state index in [9.17, 15) is 9.59 Å². The van der Waals surface area contributed by atoms with Gasteiger partial charge in [0.05, 0.1) is 12.3 Å². The summed E-state index contributed by atoms with van der Waals surface area (Å²) in [4.78, 5) is 30.9. The lowest BCUT2D eigenvalue weighted by molar-refractivity contribution is -0.139. The van der Waals surface area contributed by atoms with Crippen molar-refractivity contribution in [2.75, 3.05) is 26.2 Å². The molecule has 2 heterocycles. The summed E-state index contributed by atoms with van der Waals surface area (Å²) >= 11 is 1.61. The van der Waals surface area contributed by atoms with Crippen molar-refractivity contribution in [1.29, 1.82) is 0 Å². The molecule has 1 aliphatic heterocycles. The molecule has 3 aromatic rings. The average Bonchev–Trinajstić information content (AvgIpc) is 3.28. The summed E-state index contributed by atoms with van der Waals surface area (Å²) in [5.74, 6) is -0.0688. The van der Waals surface area contributed by atoms with Gasteiger partial charge < -0.3 is 9.80 Å². The van der Waals surface area contributed by atoms with Crippen molar-refractivity contribution in [1.82, 2.24) is 9.80 Å². The van der Waals surface area contributed by atoms with Gasteiger partial charge in [-0.15, -0.1) is 11.3 Å². The molecule has 2 amide bonds. The Morgan fingerprint density at radius 2 is 1.31 bits per heavy atom. The van der Waals surface area contributed by atoms with Crippen molar-refractivity contribution in [2.24, 2.45) is 0 Å². The van der Waals surface area contributed by atoms with Crippen LogP contribution >= 0.6 is 11.3 Å². The third-order valence-corrected chi connectivity index (χ3v) is 6.24. The van der Waals surface area contributed by atoms with Crippen molar-refractivity contribution in [3.05, 3.63) is 94.2 Å². The molecule has 0 saturated carbocycles. The molecule has 1 saturated heterocycles. The van der Waals surface area contributed by atoms with Gasteiger partial charge in [0.2, 0.25) is 11.8 Å². The first kappa shape index (κ1) is 19.4. The van der Waals surface area contributed by atoms with Crippen molar-refractivity contribution < 1.29 is 9.59 Å². The molecular formula is C24H24N2O2S. The highest BCUT2D eigenvalue weighted by Crippen LogP contribution is 2.27. The highest BCUT2D eigenvalue weighted by molar-refractivity contribution is 7.10. The van der Waals surface area contributed by atoms with Gasteiger partial charge in [-0.05, 0) is 22.6 Å². The highest BCUT2D eigenvalue weighted by atomic mass is 32.1. The number of rotatable bonds is 5. The van der Waals surface area contributed by atoms with Crippen LogP contribution < -0.4 is 0 Å². The van der Waals surface area contributed by atoms with Crippen LogP contribution in [0.5, 0.6) is 0 Å². The molecule has 0 N–H and O–H groups in total. The van der Waals surface area contributed by atoms with E-state index in [-0.39, 0.29) is 17.7 Å². The molecule has 0 spiro atoms. The molecular weight excluding hydrogens is 380 g/mol. The molecule has 1 fully saturated rings. The van der Waals surface area contributed by atoms with Gasteiger partial charge >= 0.3 is 0 Å². The maximum absolute atomic E-state index is 13.5. The molecule has 29 heavy (non-hydrogen) atoms. The highest BCUT2D eigenvalue weighted by Gasteiger charge is 2.30. The number of hydrogen-bond acceptors (Lipinski definition) is 3. The topological polar surface area (TPSA) is 40.6 Å². The van der Waals surface area contributed by atoms with Gasteiger partial charge in [-0.3, -0.25) is 9.59 Å². The van der Waals surface area contributed by atoms with Crippen molar-refractivity contribution in [3.63, 3.8) is 0 Å². The van der Waals surface area contributed by atoms with Crippen LogP contribution in [0.4, 0.5) is 0 Å². The summed E-state index contributed by atoms with van der Waals surface area (Å²) in [6.45, 7) is 2.33. The Labute approximate surface area is 175 Å². The molecule has 4 nitrogen and oxygen atoms in total. The van der Waals surface area contributed by atoms with E-state index in [0.29, 0.717) is 32.6 Å². The second-order valence-corrected chi connectivity index (χ2v) is 8.25. The summed E-state index contributed by atoms with van der Waals surface area (Å²) in [7, 11) is 0. The Morgan fingerprint density at radius 1 is 0.759 bits per heavy atom. The normalized spacial score (nSPS) is 14.2. The minimum absolute atomic E-state index is 0.104. The number of carbonyl (C=O) groups is 2. The molecule has 0 atom stereocenters. The summed E-state index contributed by atoms with van der Waals surface area (Å²) in [5.41, 5.74) is 2.00. The van der Waals surface area contributed by atoms with Crippen molar-refractivity contribution >= 4 is 23.2 Å². The van der Waals surface area contributed by atoms with Gasteiger partial charge in [-0.2, -0.15) is 0 Å². The van der Waals surface area contributed by atoms with Crippen LogP contribution in [-0.4, -0.2) is 47.8 Å². The van der Waals surface area contributed by atoms with Crippen molar-refractivity contribution in [2.45, 2.75) is 12.3 Å². The minimum atomic E-state index is -0.314. The van der Waals surface area contributed by atoms with E-state index in [1.54, 1.807) is 11.3 Å². The van der Waals surface area contributed by atoms with Crippen LogP contribution in [0, 0.1) is 0 Å². The summed E-state index contributed by atoms with van der Waals surface area (Å²) in [6.07, 6.45) is 0.447. The van der Waals surface area contributed by atoms with E-state index < -0.39 is 0 Å². The number of hydrogen-bond donors (Lipinski definition) is 0. The summed E-state index contributed by atoms with van der Waals surface area (Å²) < 4.78 is 0. The second-order valence-electron chi connectivity index (χ2n) is 7.22. The molecule has 4 rings (SSSR count). The van der Waals surface area contributed by atoms with Gasteiger partial charge in [-0.1, -0.05) is 66.7 Å². The number of thiophene rings is 1. The van der Waals surface area contributed by atoms with Crippen LogP contribution in [-0.2, 0) is 16.0 Å². The largest absolute Gasteiger partial charge is 0.339 e. The van der Waals surface area contributed by atoms with Gasteiger partial charge in [0.15, 0.2) is 0 Å². The third-order valence-electron chi connectivity index (χ3n) is 5.36. The molecule has 0 bridgehead atoms. The van der Waals surface area contributed by atoms with Gasteiger partial charge in [0, 0.05) is 31.1 Å². The van der Waals surface area contributed by atoms with Crippen LogP contribution in [0.15, 0.2) is 78.2 Å². The number of piperazine rings is 1. The number of nitrogens with zero attached hydrogens (tertiary/aromatic N) is 2. The Morgan fingerprint density at radius 3 is 1.83 bits per heavy atom. The van der Waals surface area contributed by atoms with Crippen molar-refractivity contribution in [3.8, 4) is 0 Å². The zero-order valence-corrected chi connectivity index (χ0v) is 17.1. The van der Waals surface area contributed by atoms with Crippen LogP contribution in [0.1, 0.15) is 21.9 Å². The smallest absolute Gasteiger partial charge is 0.234 e. The maximum Gasteiger partial charge on any atom is 0.234 e. The molecule has 0 radical (unpaired) electrons. The molecule has 0 aliphatic carbocycles. The Hall–Kier alpha value is -2.92. The van der Waals surface area contributed by atoms with Gasteiger partial charge in [0.1, 0.15) is 0 Å². The first-order chi connectivity index (χ1) is 14.2. The van der Waals surface area contributed by atoms with Crippen LogP contribution in [0.2, 0.25) is 0 Å². The zero-order chi connectivity index (χ0) is 20.1. The molecule has 1 aliphatic rings. The first-order valence-corrected chi connectivity index (χ1v) is 10.8. The molecule has 2 aromatic carbocycles. The predicted octanol–water partition coefficient (Wildman–Crippen LogP) is 3.79. The Bertz CT molecular complexity index is 894. The fraction of sp³-hybridized carbons (Fsp3) is 0.250. The van der Waals surface area contributed by atoms with E-state index in [0.717, 1.165) is 16.0 Å². The van der Waals surface area contributed by atoms with E-state index >= 15 is 0 Å². The molecule has 1 aromatic heterocycles. The first-order valence-electron chi connectivity index (χ1n) is 9.91. The SMILES string of the molecule is O=C(Cc1cccs1)N1CCN(C(=O)C(c2ccccc2)c2ccccc2)CC1. The quantitative estimate of drug-likeness (QED) is 0.649. The zero-order valence-electron chi connectivity index (χ0n) is 16.2. The monoisotopic (exact) mass is 404 g/mol. The standard InChI is InChI=1S/C24H24N2O2S/c27-22(18-21-12-7-17-29-21)25-13-15-26(16-14-25)24(28)23(19-8-3-1-4-9-19)20-10-5-2-6-11-20/h1-12,17,23H,13-16,18H2. The van der Waals surface area contributed by atoms with Crippen LogP contribution in [0.25, 0.3) is 0 Å². The van der Waals surface area contributed by atoms with E-state index in [4.69, 9.17) is 0 Å². The minimum Gasteiger partial charge on any atom is -0.339 e. The number of carbonyl (C=O) groups excluding carboxylic acids is 2. The molecule has 148 valence electrons. The second kappa shape index (κ2) is 9.05. The predicted molar refractivity (Wildman–Crippen MR) is 116 cm³/mol. The van der Waals surface area contributed by atoms with E-state index in [1.807, 2.05) is 88.0 Å².